The van der Waals surface area contributed by atoms with Crippen molar-refractivity contribution in [2.24, 2.45) is 5.14 Å². The molecule has 0 radical (unpaired) electrons. The number of sulfonamides is 1. The van der Waals surface area contributed by atoms with Gasteiger partial charge in [-0.1, -0.05) is 6.07 Å². The Labute approximate surface area is 154 Å². The third-order valence-corrected chi connectivity index (χ3v) is 4.20. The highest BCUT2D eigenvalue weighted by atomic mass is 32.2. The number of esters is 1. The molecule has 0 saturated carbocycles. The van der Waals surface area contributed by atoms with Gasteiger partial charge >= 0.3 is 12.0 Å². The highest BCUT2D eigenvalue weighted by Crippen LogP contribution is 2.14. The predicted octanol–water partition coefficient (Wildman–Crippen LogP) is 1.05. The van der Waals surface area contributed by atoms with Gasteiger partial charge in [-0.3, -0.25) is 10.1 Å². The highest BCUT2D eigenvalue weighted by Gasteiger charge is 2.19. The summed E-state index contributed by atoms with van der Waals surface area (Å²) in [5.41, 5.74) is 2.50. The zero-order chi connectivity index (χ0) is 20.2. The molecule has 1 aromatic carbocycles. The van der Waals surface area contributed by atoms with Gasteiger partial charge in [0, 0.05) is 5.69 Å². The van der Waals surface area contributed by atoms with E-state index in [1.165, 1.54) is 0 Å². The Morgan fingerprint density at radius 2 is 1.81 bits per heavy atom. The van der Waals surface area contributed by atoms with Crippen molar-refractivity contribution in [3.63, 3.8) is 0 Å². The second-order valence-corrected chi connectivity index (χ2v) is 7.03. The van der Waals surface area contributed by atoms with Gasteiger partial charge in [0.15, 0.2) is 6.61 Å². The molecule has 1 aromatic heterocycles. The lowest BCUT2D eigenvalue weighted by molar-refractivity contribution is -0.123. The van der Waals surface area contributed by atoms with E-state index in [9.17, 15) is 22.8 Å². The van der Waals surface area contributed by atoms with E-state index in [1.54, 1.807) is 12.1 Å². The van der Waals surface area contributed by atoms with Gasteiger partial charge in [0.1, 0.15) is 0 Å². The van der Waals surface area contributed by atoms with Crippen molar-refractivity contribution in [1.29, 1.82) is 0 Å². The lowest BCUT2D eigenvalue weighted by Crippen LogP contribution is -2.37. The van der Waals surface area contributed by atoms with Crippen molar-refractivity contribution >= 4 is 33.6 Å². The van der Waals surface area contributed by atoms with Gasteiger partial charge in [0.2, 0.25) is 10.9 Å². The van der Waals surface area contributed by atoms with Crippen LogP contribution < -0.4 is 15.8 Å². The van der Waals surface area contributed by atoms with Crippen LogP contribution in [0.15, 0.2) is 39.8 Å². The number of furan rings is 1. The molecule has 0 fully saturated rings. The maximum absolute atomic E-state index is 11.8. The number of ether oxygens (including phenoxy) is 1. The largest absolute Gasteiger partial charge is 0.450 e. The zero-order valence-corrected chi connectivity index (χ0v) is 15.3. The number of imide groups is 1. The van der Waals surface area contributed by atoms with Crippen LogP contribution in [0, 0.1) is 13.8 Å². The minimum absolute atomic E-state index is 0.452. The van der Waals surface area contributed by atoms with Gasteiger partial charge in [-0.2, -0.15) is 0 Å². The number of amides is 3. The minimum atomic E-state index is -4.10. The van der Waals surface area contributed by atoms with E-state index in [4.69, 9.17) is 9.56 Å². The summed E-state index contributed by atoms with van der Waals surface area (Å²) in [5, 5.41) is 8.68. The molecule has 0 saturated heterocycles. The van der Waals surface area contributed by atoms with Crippen LogP contribution in [0.1, 0.15) is 21.7 Å². The van der Waals surface area contributed by atoms with Crippen LogP contribution in [-0.4, -0.2) is 32.9 Å². The van der Waals surface area contributed by atoms with E-state index in [2.05, 4.69) is 10.1 Å². The summed E-state index contributed by atoms with van der Waals surface area (Å²) in [4.78, 5) is 35.1. The molecule has 27 heavy (non-hydrogen) atoms. The molecule has 2 aromatic rings. The maximum atomic E-state index is 11.8. The molecule has 0 aliphatic carbocycles. The number of carbonyl (C=O) groups is 3. The molecule has 10 nitrogen and oxygen atoms in total. The van der Waals surface area contributed by atoms with Crippen LogP contribution in [0.4, 0.5) is 10.5 Å². The monoisotopic (exact) mass is 395 g/mol. The number of anilines is 1. The Hall–Kier alpha value is -3.18. The highest BCUT2D eigenvalue weighted by molar-refractivity contribution is 7.89. The summed E-state index contributed by atoms with van der Waals surface area (Å²) in [6, 6.07) is 6.43. The van der Waals surface area contributed by atoms with Crippen molar-refractivity contribution in [3.8, 4) is 0 Å². The molecule has 3 amide bonds. The molecule has 4 N–H and O–H groups in total. The van der Waals surface area contributed by atoms with Crippen LogP contribution in [0.25, 0.3) is 0 Å². The minimum Gasteiger partial charge on any atom is -0.450 e. The molecule has 1 heterocycles. The first-order chi connectivity index (χ1) is 12.6. The third kappa shape index (κ3) is 5.66. The summed E-state index contributed by atoms with van der Waals surface area (Å²) < 4.78 is 31.5. The lowest BCUT2D eigenvalue weighted by atomic mass is 10.1. The van der Waals surface area contributed by atoms with E-state index in [1.807, 2.05) is 25.2 Å². The van der Waals surface area contributed by atoms with Crippen molar-refractivity contribution in [2.75, 3.05) is 11.9 Å². The first kappa shape index (κ1) is 20.1. The summed E-state index contributed by atoms with van der Waals surface area (Å²) in [5.74, 6) is -2.43. The topological polar surface area (TPSA) is 158 Å². The van der Waals surface area contributed by atoms with Gasteiger partial charge in [-0.25, -0.2) is 23.1 Å². The van der Waals surface area contributed by atoms with Crippen LogP contribution in [0.5, 0.6) is 0 Å². The second kappa shape index (κ2) is 8.01. The molecule has 0 bridgehead atoms. The molecule has 11 heteroatoms. The maximum Gasteiger partial charge on any atom is 0.374 e. The molecule has 0 unspecified atom stereocenters. The Bertz CT molecular complexity index is 995. The second-order valence-electron chi connectivity index (χ2n) is 5.54. The number of hydrogen-bond donors (Lipinski definition) is 3. The molecule has 0 atom stereocenters. The first-order valence-corrected chi connectivity index (χ1v) is 9.09. The van der Waals surface area contributed by atoms with Gasteiger partial charge in [-0.15, -0.1) is 0 Å². The lowest BCUT2D eigenvalue weighted by Gasteiger charge is -2.08. The average molecular weight is 395 g/mol. The molecule has 144 valence electrons. The van der Waals surface area contributed by atoms with Crippen LogP contribution in [0.3, 0.4) is 0 Å². The number of nitrogens with one attached hydrogen (secondary N) is 2. The number of urea groups is 1. The van der Waals surface area contributed by atoms with Crippen molar-refractivity contribution in [1.82, 2.24) is 5.32 Å². The van der Waals surface area contributed by atoms with Crippen molar-refractivity contribution in [2.45, 2.75) is 18.9 Å². The molecular weight excluding hydrogens is 378 g/mol. The van der Waals surface area contributed by atoms with E-state index >= 15 is 0 Å². The normalized spacial score (nSPS) is 10.9. The Kier molecular flexibility index (Phi) is 5.98. The smallest absolute Gasteiger partial charge is 0.374 e. The fourth-order valence-electron chi connectivity index (χ4n) is 1.93. The Balaban J connectivity index is 1.84. The van der Waals surface area contributed by atoms with E-state index < -0.39 is 45.4 Å². The van der Waals surface area contributed by atoms with E-state index in [0.717, 1.165) is 23.3 Å². The van der Waals surface area contributed by atoms with Crippen LogP contribution in [0.2, 0.25) is 0 Å². The van der Waals surface area contributed by atoms with Crippen LogP contribution >= 0.6 is 0 Å². The van der Waals surface area contributed by atoms with Crippen molar-refractivity contribution in [3.05, 3.63) is 47.2 Å². The number of aryl methyl sites for hydroxylation is 2. The molecule has 0 aliphatic rings. The summed E-state index contributed by atoms with van der Waals surface area (Å²) in [7, 11) is -4.10. The fraction of sp³-hybridized carbons (Fsp3) is 0.188. The van der Waals surface area contributed by atoms with Gasteiger partial charge in [0.25, 0.3) is 15.9 Å². The molecule has 2 rings (SSSR count). The standard InChI is InChI=1S/C16H17N3O7S/c1-9-3-4-11(7-10(9)2)18-16(22)19-13(20)8-25-15(21)12-5-6-14(26-12)27(17,23)24/h3-7H,8H2,1-2H3,(H2,17,23,24)(H2,18,19,20,22). The summed E-state index contributed by atoms with van der Waals surface area (Å²) >= 11 is 0. The van der Waals surface area contributed by atoms with Gasteiger partial charge < -0.3 is 14.5 Å². The number of benzene rings is 1. The number of rotatable bonds is 5. The Morgan fingerprint density at radius 1 is 1.11 bits per heavy atom. The zero-order valence-electron chi connectivity index (χ0n) is 14.4. The number of nitrogens with two attached hydrogens (primary N) is 1. The summed E-state index contributed by atoms with van der Waals surface area (Å²) in [6.45, 7) is 3.02. The average Bonchev–Trinajstić information content (AvgIpc) is 3.06. The SMILES string of the molecule is Cc1ccc(NC(=O)NC(=O)COC(=O)c2ccc(S(N)(=O)=O)o2)cc1C. The van der Waals surface area contributed by atoms with Gasteiger partial charge in [0.05, 0.1) is 0 Å². The molecule has 0 spiro atoms. The molecular formula is C16H17N3O7S. The fourth-order valence-corrected chi connectivity index (χ4v) is 2.39. The van der Waals surface area contributed by atoms with E-state index in [-0.39, 0.29) is 0 Å². The van der Waals surface area contributed by atoms with Crippen LogP contribution in [-0.2, 0) is 19.6 Å². The third-order valence-electron chi connectivity index (χ3n) is 3.42. The number of primary sulfonamides is 1. The summed E-state index contributed by atoms with van der Waals surface area (Å²) in [6.07, 6.45) is 0. The predicted molar refractivity (Wildman–Crippen MR) is 93.4 cm³/mol. The Morgan fingerprint density at radius 3 is 2.41 bits per heavy atom. The van der Waals surface area contributed by atoms with Gasteiger partial charge in [-0.05, 0) is 49.2 Å². The first-order valence-electron chi connectivity index (χ1n) is 7.54. The quantitative estimate of drug-likeness (QED) is 0.638. The van der Waals surface area contributed by atoms with E-state index in [0.29, 0.717) is 5.69 Å². The molecule has 0 aliphatic heterocycles. The number of hydrogen-bond acceptors (Lipinski definition) is 7. The number of carbonyl (C=O) groups excluding carboxylic acids is 3. The van der Waals surface area contributed by atoms with Crippen molar-refractivity contribution < 1.29 is 32.0 Å².